The summed E-state index contributed by atoms with van der Waals surface area (Å²) >= 11 is 1.38. The van der Waals surface area contributed by atoms with Crippen LogP contribution in [0.15, 0.2) is 60.1 Å². The lowest BCUT2D eigenvalue weighted by atomic mass is 10.1. The Morgan fingerprint density at radius 2 is 1.96 bits per heavy atom. The maximum atomic E-state index is 12.6. The van der Waals surface area contributed by atoms with Crippen molar-refractivity contribution in [1.29, 1.82) is 0 Å². The van der Waals surface area contributed by atoms with Crippen LogP contribution in [0.4, 0.5) is 5.69 Å². The molecule has 2 aromatic carbocycles. The highest BCUT2D eigenvalue weighted by atomic mass is 32.2. The fourth-order valence-electron chi connectivity index (χ4n) is 2.62. The van der Waals surface area contributed by atoms with Gasteiger partial charge in [0.15, 0.2) is 5.65 Å². The SMILES string of the molecule is CC(Sc1ncnc2nc[nH]c12)C(=O)Nc1cccc2ccccc12. The number of nitrogens with one attached hydrogen (secondary N) is 2. The number of carbonyl (C=O) groups excluding carboxylic acids is 1. The quantitative estimate of drug-likeness (QED) is 0.434. The first kappa shape index (κ1) is 15.6. The molecule has 2 heterocycles. The van der Waals surface area contributed by atoms with Crippen LogP contribution in [0.1, 0.15) is 6.92 Å². The van der Waals surface area contributed by atoms with Crippen LogP contribution < -0.4 is 5.32 Å². The molecule has 4 rings (SSSR count). The van der Waals surface area contributed by atoms with Crippen molar-refractivity contribution in [3.63, 3.8) is 0 Å². The average molecular weight is 349 g/mol. The summed E-state index contributed by atoms with van der Waals surface area (Å²) in [4.78, 5) is 28.1. The molecule has 4 aromatic rings. The van der Waals surface area contributed by atoms with Gasteiger partial charge in [-0.3, -0.25) is 4.79 Å². The lowest BCUT2D eigenvalue weighted by Crippen LogP contribution is -2.22. The normalized spacial score (nSPS) is 12.4. The number of benzene rings is 2. The molecule has 0 saturated carbocycles. The molecule has 0 saturated heterocycles. The van der Waals surface area contributed by atoms with Crippen LogP contribution in [0.2, 0.25) is 0 Å². The highest BCUT2D eigenvalue weighted by molar-refractivity contribution is 8.00. The van der Waals surface area contributed by atoms with Crippen molar-refractivity contribution in [2.45, 2.75) is 17.2 Å². The first-order valence-corrected chi connectivity index (χ1v) is 8.70. The zero-order valence-electron chi connectivity index (χ0n) is 13.4. The number of imidazole rings is 1. The van der Waals surface area contributed by atoms with Crippen LogP contribution in [-0.4, -0.2) is 31.1 Å². The molecule has 6 nitrogen and oxygen atoms in total. The van der Waals surface area contributed by atoms with Gasteiger partial charge in [0.1, 0.15) is 16.9 Å². The number of aromatic nitrogens is 4. The zero-order valence-corrected chi connectivity index (χ0v) is 14.2. The van der Waals surface area contributed by atoms with E-state index in [1.54, 1.807) is 6.33 Å². The van der Waals surface area contributed by atoms with Crippen molar-refractivity contribution in [3.05, 3.63) is 55.1 Å². The second kappa shape index (κ2) is 6.52. The number of carbonyl (C=O) groups is 1. The smallest absolute Gasteiger partial charge is 0.237 e. The maximum absolute atomic E-state index is 12.6. The molecule has 0 spiro atoms. The third-order valence-electron chi connectivity index (χ3n) is 3.89. The second-order valence-corrected chi connectivity index (χ2v) is 6.89. The van der Waals surface area contributed by atoms with E-state index < -0.39 is 0 Å². The van der Waals surface area contributed by atoms with Gasteiger partial charge in [0, 0.05) is 11.1 Å². The van der Waals surface area contributed by atoms with Gasteiger partial charge >= 0.3 is 0 Å². The van der Waals surface area contributed by atoms with E-state index in [1.165, 1.54) is 18.1 Å². The molecular formula is C18H15N5OS. The van der Waals surface area contributed by atoms with E-state index in [0.29, 0.717) is 10.7 Å². The molecule has 25 heavy (non-hydrogen) atoms. The van der Waals surface area contributed by atoms with Crippen molar-refractivity contribution >= 4 is 45.3 Å². The molecule has 1 atom stereocenters. The standard InChI is InChI=1S/C18H15N5OS/c1-11(25-18-15-16(20-9-19-15)21-10-22-18)17(24)23-14-8-4-6-12-5-2-3-7-13(12)14/h2-11H,1H3,(H,23,24)(H,19,20,21,22). The number of H-pyrrole nitrogens is 1. The Labute approximate surface area is 148 Å². The largest absolute Gasteiger partial charge is 0.341 e. The molecule has 0 aliphatic rings. The Balaban J connectivity index is 1.55. The summed E-state index contributed by atoms with van der Waals surface area (Å²) in [6.45, 7) is 1.86. The number of rotatable bonds is 4. The van der Waals surface area contributed by atoms with Crippen LogP contribution in [0.3, 0.4) is 0 Å². The van der Waals surface area contributed by atoms with E-state index >= 15 is 0 Å². The van der Waals surface area contributed by atoms with E-state index in [9.17, 15) is 4.79 Å². The van der Waals surface area contributed by atoms with E-state index in [4.69, 9.17) is 0 Å². The average Bonchev–Trinajstić information content (AvgIpc) is 3.12. The third kappa shape index (κ3) is 3.06. The van der Waals surface area contributed by atoms with E-state index in [0.717, 1.165) is 22.0 Å². The summed E-state index contributed by atoms with van der Waals surface area (Å²) < 4.78 is 0. The number of hydrogen-bond donors (Lipinski definition) is 2. The lowest BCUT2D eigenvalue weighted by Gasteiger charge is -2.13. The van der Waals surface area contributed by atoms with Gasteiger partial charge in [-0.15, -0.1) is 0 Å². The van der Waals surface area contributed by atoms with Crippen molar-refractivity contribution in [1.82, 2.24) is 19.9 Å². The summed E-state index contributed by atoms with van der Waals surface area (Å²) in [5.41, 5.74) is 2.15. The van der Waals surface area contributed by atoms with Gasteiger partial charge < -0.3 is 10.3 Å². The first-order valence-electron chi connectivity index (χ1n) is 7.82. The highest BCUT2D eigenvalue weighted by Crippen LogP contribution is 2.28. The molecular weight excluding hydrogens is 334 g/mol. The van der Waals surface area contributed by atoms with E-state index in [2.05, 4.69) is 25.3 Å². The Bertz CT molecular complexity index is 1060. The molecule has 0 bridgehead atoms. The van der Waals surface area contributed by atoms with Gasteiger partial charge in [0.25, 0.3) is 0 Å². The Kier molecular flexibility index (Phi) is 4.07. The minimum absolute atomic E-state index is 0.0763. The molecule has 0 aliphatic heterocycles. The zero-order chi connectivity index (χ0) is 17.2. The Morgan fingerprint density at radius 1 is 1.12 bits per heavy atom. The molecule has 0 radical (unpaired) electrons. The molecule has 2 aromatic heterocycles. The number of anilines is 1. The number of thioether (sulfide) groups is 1. The fraction of sp³-hybridized carbons (Fsp3) is 0.111. The van der Waals surface area contributed by atoms with Gasteiger partial charge in [-0.2, -0.15) is 0 Å². The molecule has 2 N–H and O–H groups in total. The molecule has 7 heteroatoms. The van der Waals surface area contributed by atoms with Crippen LogP contribution in [0, 0.1) is 0 Å². The van der Waals surface area contributed by atoms with Gasteiger partial charge in [0.2, 0.25) is 5.91 Å². The number of nitrogens with zero attached hydrogens (tertiary/aromatic N) is 3. The van der Waals surface area contributed by atoms with Crippen LogP contribution in [-0.2, 0) is 4.79 Å². The van der Waals surface area contributed by atoms with Gasteiger partial charge in [-0.05, 0) is 18.4 Å². The van der Waals surface area contributed by atoms with Gasteiger partial charge in [-0.25, -0.2) is 15.0 Å². The van der Waals surface area contributed by atoms with Crippen molar-refractivity contribution in [2.75, 3.05) is 5.32 Å². The first-order chi connectivity index (χ1) is 12.2. The van der Waals surface area contributed by atoms with Crippen LogP contribution >= 0.6 is 11.8 Å². The number of amides is 1. The highest BCUT2D eigenvalue weighted by Gasteiger charge is 2.18. The summed E-state index contributed by atoms with van der Waals surface area (Å²) in [6.07, 6.45) is 3.03. The summed E-state index contributed by atoms with van der Waals surface area (Å²) in [6, 6.07) is 13.9. The second-order valence-electron chi connectivity index (χ2n) is 5.56. The van der Waals surface area contributed by atoms with Crippen molar-refractivity contribution in [2.24, 2.45) is 0 Å². The van der Waals surface area contributed by atoms with Crippen LogP contribution in [0.25, 0.3) is 21.9 Å². The molecule has 124 valence electrons. The summed E-state index contributed by atoms with van der Waals surface area (Å²) in [5.74, 6) is -0.0763. The number of hydrogen-bond acceptors (Lipinski definition) is 5. The fourth-order valence-corrected chi connectivity index (χ4v) is 3.50. The molecule has 0 fully saturated rings. The minimum atomic E-state index is -0.319. The third-order valence-corrected chi connectivity index (χ3v) is 4.99. The predicted octanol–water partition coefficient (Wildman–Crippen LogP) is 3.63. The van der Waals surface area contributed by atoms with E-state index in [1.807, 2.05) is 49.4 Å². The predicted molar refractivity (Wildman–Crippen MR) is 99.6 cm³/mol. The monoisotopic (exact) mass is 349 g/mol. The topological polar surface area (TPSA) is 83.6 Å². The van der Waals surface area contributed by atoms with Crippen molar-refractivity contribution in [3.8, 4) is 0 Å². The lowest BCUT2D eigenvalue weighted by molar-refractivity contribution is -0.115. The molecule has 1 amide bonds. The Morgan fingerprint density at radius 3 is 2.88 bits per heavy atom. The number of aromatic amines is 1. The maximum Gasteiger partial charge on any atom is 0.237 e. The molecule has 0 aliphatic carbocycles. The summed E-state index contributed by atoms with van der Waals surface area (Å²) in [5, 5.41) is 5.52. The van der Waals surface area contributed by atoms with E-state index in [-0.39, 0.29) is 11.2 Å². The van der Waals surface area contributed by atoms with Gasteiger partial charge in [-0.1, -0.05) is 48.2 Å². The summed E-state index contributed by atoms with van der Waals surface area (Å²) in [7, 11) is 0. The molecule has 1 unspecified atom stereocenters. The van der Waals surface area contributed by atoms with Gasteiger partial charge in [0.05, 0.1) is 11.6 Å². The Hall–Kier alpha value is -2.93. The number of fused-ring (bicyclic) bond motifs is 2. The minimum Gasteiger partial charge on any atom is -0.341 e. The van der Waals surface area contributed by atoms with Crippen LogP contribution in [0.5, 0.6) is 0 Å². The van der Waals surface area contributed by atoms with Crippen molar-refractivity contribution < 1.29 is 4.79 Å².